The number of esters is 1. The van der Waals surface area contributed by atoms with E-state index in [2.05, 4.69) is 10.3 Å². The van der Waals surface area contributed by atoms with E-state index in [1.165, 1.54) is 23.5 Å². The van der Waals surface area contributed by atoms with Crippen LogP contribution in [0.4, 0.5) is 9.18 Å². The predicted octanol–water partition coefficient (Wildman–Crippen LogP) is 3.60. The number of benzene rings is 1. The number of nitrogens with zero attached hydrogens (tertiary/aromatic N) is 5. The number of carbonyl (C=O) groups is 3. The Hall–Kier alpha value is -3.97. The van der Waals surface area contributed by atoms with E-state index in [-0.39, 0.29) is 42.7 Å². The Morgan fingerprint density at radius 3 is 2.85 bits per heavy atom. The molecule has 3 aliphatic rings. The number of ether oxygens (including phenoxy) is 1. The first-order chi connectivity index (χ1) is 19.7. The van der Waals surface area contributed by atoms with Gasteiger partial charge in [-0.05, 0) is 19.9 Å². The number of thiazole rings is 1. The van der Waals surface area contributed by atoms with Crippen molar-refractivity contribution in [1.82, 2.24) is 25.0 Å². The number of aliphatic carboxylic acids is 1. The van der Waals surface area contributed by atoms with Gasteiger partial charge in [0.1, 0.15) is 11.9 Å². The van der Waals surface area contributed by atoms with Crippen LogP contribution in [0.15, 0.2) is 57.9 Å². The quantitative estimate of drug-likeness (QED) is 0.417. The number of rotatable bonds is 9. The summed E-state index contributed by atoms with van der Waals surface area (Å²) in [6.45, 7) is 4.86. The van der Waals surface area contributed by atoms with Gasteiger partial charge < -0.3 is 25.0 Å². The molecular formula is C27H28ClFN6O5S. The maximum Gasteiger partial charge on any atom is 0.338 e. The van der Waals surface area contributed by atoms with Gasteiger partial charge in [0.15, 0.2) is 10.8 Å². The van der Waals surface area contributed by atoms with Crippen molar-refractivity contribution < 1.29 is 28.6 Å². The molecule has 2 aromatic rings. The van der Waals surface area contributed by atoms with Crippen molar-refractivity contribution in [2.24, 2.45) is 4.99 Å². The number of carbonyl (C=O) groups excluding carboxylic acids is 2. The third-order valence-corrected chi connectivity index (χ3v) is 8.17. The number of hydrogen-bond acceptors (Lipinski definition) is 9. The first kappa shape index (κ1) is 28.6. The highest BCUT2D eigenvalue weighted by atomic mass is 35.5. The SMILES string of the molecule is CCOC(=O)C1=C(CN2C=C3CN([C@H](C)CC(=O)O)C(=O)N3CC2)NC(c2nccs2)=NC1c1cccc(F)c1Cl. The zero-order valence-electron chi connectivity index (χ0n) is 22.3. The number of amides is 2. The van der Waals surface area contributed by atoms with Crippen LogP contribution in [0.25, 0.3) is 0 Å². The molecule has 0 radical (unpaired) electrons. The van der Waals surface area contributed by atoms with E-state index >= 15 is 0 Å². The fourth-order valence-electron chi connectivity index (χ4n) is 5.07. The topological polar surface area (TPSA) is 128 Å². The largest absolute Gasteiger partial charge is 0.481 e. The number of aliphatic imine (C=N–C) groups is 1. The highest BCUT2D eigenvalue weighted by Crippen LogP contribution is 2.38. The number of carboxylic acids is 1. The molecule has 0 saturated carbocycles. The second kappa shape index (κ2) is 11.9. The van der Waals surface area contributed by atoms with Crippen LogP contribution < -0.4 is 5.32 Å². The molecule has 0 bridgehead atoms. The van der Waals surface area contributed by atoms with Gasteiger partial charge in [-0.2, -0.15) is 0 Å². The molecule has 11 nitrogen and oxygen atoms in total. The first-order valence-corrected chi connectivity index (χ1v) is 14.3. The Bertz CT molecular complexity index is 1460. The van der Waals surface area contributed by atoms with E-state index in [1.807, 2.05) is 11.1 Å². The molecular weight excluding hydrogens is 575 g/mol. The normalized spacial score (nSPS) is 19.5. The van der Waals surface area contributed by atoms with Gasteiger partial charge in [-0.15, -0.1) is 11.3 Å². The number of amidine groups is 1. The Labute approximate surface area is 244 Å². The molecule has 4 heterocycles. The van der Waals surface area contributed by atoms with Gasteiger partial charge in [0, 0.05) is 48.2 Å². The maximum atomic E-state index is 14.5. The summed E-state index contributed by atoms with van der Waals surface area (Å²) in [6.07, 6.45) is 3.32. The van der Waals surface area contributed by atoms with E-state index in [9.17, 15) is 23.9 Å². The molecule has 41 heavy (non-hydrogen) atoms. The lowest BCUT2D eigenvalue weighted by molar-refractivity contribution is -0.139. The van der Waals surface area contributed by atoms with Crippen LogP contribution in [0.2, 0.25) is 5.02 Å². The minimum atomic E-state index is -0.974. The molecule has 2 atom stereocenters. The number of urea groups is 1. The lowest BCUT2D eigenvalue weighted by Crippen LogP contribution is -2.44. The third kappa shape index (κ3) is 5.77. The van der Waals surface area contributed by atoms with Crippen LogP contribution in [0.5, 0.6) is 0 Å². The number of aromatic nitrogens is 1. The van der Waals surface area contributed by atoms with Crippen molar-refractivity contribution in [3.63, 3.8) is 0 Å². The van der Waals surface area contributed by atoms with Crippen molar-refractivity contribution in [2.75, 3.05) is 32.8 Å². The molecule has 3 aliphatic heterocycles. The van der Waals surface area contributed by atoms with Crippen molar-refractivity contribution >= 4 is 46.7 Å². The summed E-state index contributed by atoms with van der Waals surface area (Å²) in [5, 5.41) is 14.7. The molecule has 1 unspecified atom stereocenters. The van der Waals surface area contributed by atoms with E-state index < -0.39 is 29.8 Å². The van der Waals surface area contributed by atoms with Gasteiger partial charge >= 0.3 is 18.0 Å². The maximum absolute atomic E-state index is 14.5. The van der Waals surface area contributed by atoms with Crippen molar-refractivity contribution in [2.45, 2.75) is 32.4 Å². The Kier molecular flexibility index (Phi) is 8.27. The van der Waals surface area contributed by atoms with Crippen LogP contribution in [0.3, 0.4) is 0 Å². The molecule has 1 saturated heterocycles. The second-order valence-corrected chi connectivity index (χ2v) is 11.0. The lowest BCUT2D eigenvalue weighted by Gasteiger charge is -2.34. The summed E-state index contributed by atoms with van der Waals surface area (Å²) < 4.78 is 19.9. The van der Waals surface area contributed by atoms with E-state index in [0.717, 1.165) is 5.70 Å². The summed E-state index contributed by atoms with van der Waals surface area (Å²) in [6, 6.07) is 2.72. The zero-order valence-corrected chi connectivity index (χ0v) is 23.9. The lowest BCUT2D eigenvalue weighted by atomic mass is 9.95. The van der Waals surface area contributed by atoms with E-state index in [1.54, 1.807) is 41.3 Å². The average molecular weight is 603 g/mol. The molecule has 0 aliphatic carbocycles. The Morgan fingerprint density at radius 2 is 2.15 bits per heavy atom. The van der Waals surface area contributed by atoms with Gasteiger partial charge in [-0.25, -0.2) is 19.0 Å². The minimum absolute atomic E-state index is 0.122. The Morgan fingerprint density at radius 1 is 1.34 bits per heavy atom. The molecule has 1 aromatic carbocycles. The number of fused-ring (bicyclic) bond motifs is 1. The van der Waals surface area contributed by atoms with Crippen molar-refractivity contribution in [3.8, 4) is 0 Å². The number of halogens is 2. The third-order valence-electron chi connectivity index (χ3n) is 6.99. The van der Waals surface area contributed by atoms with Gasteiger partial charge in [0.05, 0.1) is 42.4 Å². The highest BCUT2D eigenvalue weighted by molar-refractivity contribution is 7.11. The highest BCUT2D eigenvalue weighted by Gasteiger charge is 2.39. The molecule has 1 fully saturated rings. The molecule has 14 heteroatoms. The molecule has 2 amide bonds. The van der Waals surface area contributed by atoms with Gasteiger partial charge in [0.25, 0.3) is 0 Å². The number of hydrogen-bond donors (Lipinski definition) is 2. The van der Waals surface area contributed by atoms with Gasteiger partial charge in [0.2, 0.25) is 0 Å². The van der Waals surface area contributed by atoms with Crippen LogP contribution in [-0.2, 0) is 14.3 Å². The average Bonchev–Trinajstić information content (AvgIpc) is 3.58. The fourth-order valence-corrected chi connectivity index (χ4v) is 5.89. The number of carboxylic acid groups (broad SMARTS) is 1. The summed E-state index contributed by atoms with van der Waals surface area (Å²) in [5.74, 6) is -1.81. The molecule has 0 spiro atoms. The Balaban J connectivity index is 1.51. The molecule has 2 N–H and O–H groups in total. The molecule has 216 valence electrons. The minimum Gasteiger partial charge on any atom is -0.481 e. The van der Waals surface area contributed by atoms with Gasteiger partial charge in [-0.1, -0.05) is 23.7 Å². The predicted molar refractivity (Wildman–Crippen MR) is 150 cm³/mol. The monoisotopic (exact) mass is 602 g/mol. The molecule has 1 aromatic heterocycles. The van der Waals surface area contributed by atoms with Crippen LogP contribution >= 0.6 is 22.9 Å². The van der Waals surface area contributed by atoms with Crippen LogP contribution in [0, 0.1) is 5.82 Å². The van der Waals surface area contributed by atoms with E-state index in [0.29, 0.717) is 35.2 Å². The summed E-state index contributed by atoms with van der Waals surface area (Å²) >= 11 is 7.73. The van der Waals surface area contributed by atoms with Crippen LogP contribution in [0.1, 0.15) is 36.9 Å². The fraction of sp³-hybridized carbons (Fsp3) is 0.370. The first-order valence-electron chi connectivity index (χ1n) is 13.0. The van der Waals surface area contributed by atoms with Gasteiger partial charge in [-0.3, -0.25) is 14.7 Å². The van der Waals surface area contributed by atoms with Crippen molar-refractivity contribution in [1.29, 1.82) is 0 Å². The molecule has 5 rings (SSSR count). The van der Waals surface area contributed by atoms with E-state index in [4.69, 9.17) is 21.3 Å². The summed E-state index contributed by atoms with van der Waals surface area (Å²) in [5.41, 5.74) is 1.72. The second-order valence-electron chi connectivity index (χ2n) is 9.70. The summed E-state index contributed by atoms with van der Waals surface area (Å²) in [4.78, 5) is 51.8. The van der Waals surface area contributed by atoms with Crippen molar-refractivity contribution in [3.05, 3.63) is 74.4 Å². The summed E-state index contributed by atoms with van der Waals surface area (Å²) in [7, 11) is 0. The standard InChI is InChI=1S/C27H28ClFN6O5S/c1-3-40-26(38)21-19(14-33-8-9-34-16(12-33)13-35(27(34)39)15(2)11-20(36)37)31-24(25-30-7-10-41-25)32-23(21)17-5-4-6-18(29)22(17)28/h4-7,10,12,15,23H,3,8-9,11,13-14H2,1-2H3,(H,31,32)(H,36,37)/t15-,23?/m1/s1. The smallest absolute Gasteiger partial charge is 0.338 e. The number of nitrogens with one attached hydrogen (secondary N) is 1. The van der Waals surface area contributed by atoms with Crippen LogP contribution in [-0.4, -0.2) is 87.4 Å². The zero-order chi connectivity index (χ0) is 29.3.